The lowest BCUT2D eigenvalue weighted by molar-refractivity contribution is -0.102. The van der Waals surface area contributed by atoms with Crippen LogP contribution in [0.4, 0.5) is 4.39 Å². The van der Waals surface area contributed by atoms with E-state index in [9.17, 15) is 4.39 Å². The molecule has 20 heavy (non-hydrogen) atoms. The summed E-state index contributed by atoms with van der Waals surface area (Å²) in [5.41, 5.74) is 0.182. The number of ether oxygens (including phenoxy) is 1. The van der Waals surface area contributed by atoms with Crippen molar-refractivity contribution in [3.05, 3.63) is 29.0 Å². The molecule has 0 aromatic heterocycles. The molecule has 2 fully saturated rings. The molecule has 2 nitrogen and oxygen atoms in total. The summed E-state index contributed by atoms with van der Waals surface area (Å²) in [5.74, 6) is -0.143. The highest BCUT2D eigenvalue weighted by Crippen LogP contribution is 2.53. The Labute approximate surface area is 124 Å². The summed E-state index contributed by atoms with van der Waals surface area (Å²) in [7, 11) is 2.01. The zero-order valence-electron chi connectivity index (χ0n) is 11.8. The summed E-state index contributed by atoms with van der Waals surface area (Å²) in [6, 6.07) is 5.46. The van der Waals surface area contributed by atoms with E-state index in [0.717, 1.165) is 6.42 Å². The predicted octanol–water partition coefficient (Wildman–Crippen LogP) is 4.17. The Morgan fingerprint density at radius 2 is 2.05 bits per heavy atom. The van der Waals surface area contributed by atoms with Gasteiger partial charge in [0.2, 0.25) is 0 Å². The van der Waals surface area contributed by atoms with E-state index in [2.05, 4.69) is 5.32 Å². The minimum atomic E-state index is -0.437. The van der Waals surface area contributed by atoms with Gasteiger partial charge < -0.3 is 10.1 Å². The zero-order valence-corrected chi connectivity index (χ0v) is 12.5. The molecule has 2 atom stereocenters. The van der Waals surface area contributed by atoms with Crippen LogP contribution in [0.1, 0.15) is 38.5 Å². The van der Waals surface area contributed by atoms with Gasteiger partial charge in [0.25, 0.3) is 0 Å². The molecule has 0 amide bonds. The first-order valence-electron chi connectivity index (χ1n) is 7.45. The molecular weight excluding hydrogens is 277 g/mol. The normalized spacial score (nSPS) is 28.1. The van der Waals surface area contributed by atoms with Crippen LogP contribution in [-0.4, -0.2) is 19.2 Å². The van der Waals surface area contributed by atoms with Crippen LogP contribution in [0.15, 0.2) is 18.2 Å². The van der Waals surface area contributed by atoms with Crippen LogP contribution in [-0.2, 0) is 0 Å². The highest BCUT2D eigenvalue weighted by Gasteiger charge is 2.56. The summed E-state index contributed by atoms with van der Waals surface area (Å²) in [4.78, 5) is 0. The van der Waals surface area contributed by atoms with Crippen molar-refractivity contribution in [3.8, 4) is 5.75 Å². The van der Waals surface area contributed by atoms with Gasteiger partial charge in [0, 0.05) is 17.9 Å². The molecule has 2 saturated carbocycles. The van der Waals surface area contributed by atoms with E-state index in [1.165, 1.54) is 32.1 Å². The monoisotopic (exact) mass is 297 g/mol. The highest BCUT2D eigenvalue weighted by molar-refractivity contribution is 6.30. The molecule has 4 heteroatoms. The largest absolute Gasteiger partial charge is 0.487 e. The lowest BCUT2D eigenvalue weighted by Crippen LogP contribution is -2.64. The summed E-state index contributed by atoms with van der Waals surface area (Å²) in [5, 5.41) is 3.53. The van der Waals surface area contributed by atoms with Gasteiger partial charge >= 0.3 is 0 Å². The van der Waals surface area contributed by atoms with Gasteiger partial charge in [-0.3, -0.25) is 0 Å². The average molecular weight is 298 g/mol. The van der Waals surface area contributed by atoms with Crippen LogP contribution >= 0.6 is 11.6 Å². The van der Waals surface area contributed by atoms with Crippen molar-refractivity contribution >= 4 is 11.6 Å². The Hall–Kier alpha value is -0.800. The van der Waals surface area contributed by atoms with Crippen molar-refractivity contribution in [3.63, 3.8) is 0 Å². The SMILES string of the molecule is CNC1CC(Oc2cccc(Cl)c2F)C12CCCCC2. The molecule has 0 radical (unpaired) electrons. The second kappa shape index (κ2) is 5.53. The van der Waals surface area contributed by atoms with Crippen molar-refractivity contribution in [2.24, 2.45) is 5.41 Å². The van der Waals surface area contributed by atoms with Gasteiger partial charge in [-0.05, 0) is 32.0 Å². The number of hydrogen-bond acceptors (Lipinski definition) is 2. The molecule has 0 heterocycles. The van der Waals surface area contributed by atoms with Crippen molar-refractivity contribution in [2.45, 2.75) is 50.7 Å². The summed E-state index contributed by atoms with van der Waals surface area (Å²) in [6.07, 6.45) is 7.19. The maximum Gasteiger partial charge on any atom is 0.183 e. The molecule has 2 aliphatic rings. The van der Waals surface area contributed by atoms with Crippen molar-refractivity contribution < 1.29 is 9.13 Å². The van der Waals surface area contributed by atoms with Crippen LogP contribution in [0.25, 0.3) is 0 Å². The van der Waals surface area contributed by atoms with Crippen LogP contribution in [0, 0.1) is 11.2 Å². The predicted molar refractivity (Wildman–Crippen MR) is 78.8 cm³/mol. The lowest BCUT2D eigenvalue weighted by Gasteiger charge is -2.57. The standard InChI is InChI=1S/C16H21ClFNO/c1-19-13-10-14(16(13)8-3-2-4-9-16)20-12-7-5-6-11(17)15(12)18/h5-7,13-14,19H,2-4,8-10H2,1H3. The summed E-state index contributed by atoms with van der Waals surface area (Å²) in [6.45, 7) is 0. The highest BCUT2D eigenvalue weighted by atomic mass is 35.5. The minimum Gasteiger partial charge on any atom is -0.487 e. The van der Waals surface area contributed by atoms with Crippen molar-refractivity contribution in [1.82, 2.24) is 5.32 Å². The topological polar surface area (TPSA) is 21.3 Å². The molecule has 1 N–H and O–H groups in total. The minimum absolute atomic E-state index is 0.105. The van der Waals surface area contributed by atoms with E-state index < -0.39 is 5.82 Å². The summed E-state index contributed by atoms with van der Waals surface area (Å²) < 4.78 is 20.0. The number of benzene rings is 1. The molecular formula is C16H21ClFNO. The molecule has 2 unspecified atom stereocenters. The first kappa shape index (κ1) is 14.2. The fraction of sp³-hybridized carbons (Fsp3) is 0.625. The summed E-state index contributed by atoms with van der Waals surface area (Å²) >= 11 is 5.82. The molecule has 3 rings (SSSR count). The Balaban J connectivity index is 1.79. The smallest absolute Gasteiger partial charge is 0.183 e. The third kappa shape index (κ3) is 2.21. The van der Waals surface area contributed by atoms with Crippen LogP contribution in [0.3, 0.4) is 0 Å². The van der Waals surface area contributed by atoms with Gasteiger partial charge in [0.05, 0.1) is 5.02 Å². The number of halogens is 2. The zero-order chi connectivity index (χ0) is 14.2. The van der Waals surface area contributed by atoms with Crippen molar-refractivity contribution in [1.29, 1.82) is 0 Å². The maximum absolute atomic E-state index is 14.0. The molecule has 0 saturated heterocycles. The first-order chi connectivity index (χ1) is 9.67. The second-order valence-corrected chi connectivity index (χ2v) is 6.44. The maximum atomic E-state index is 14.0. The Morgan fingerprint density at radius 1 is 1.30 bits per heavy atom. The number of rotatable bonds is 3. The van der Waals surface area contributed by atoms with E-state index in [-0.39, 0.29) is 16.5 Å². The Morgan fingerprint density at radius 3 is 2.75 bits per heavy atom. The lowest BCUT2D eigenvalue weighted by atomic mass is 9.55. The van der Waals surface area contributed by atoms with E-state index in [4.69, 9.17) is 16.3 Å². The molecule has 2 aliphatic carbocycles. The molecule has 0 bridgehead atoms. The molecule has 1 aromatic carbocycles. The van der Waals surface area contributed by atoms with Gasteiger partial charge in [-0.15, -0.1) is 0 Å². The molecule has 0 aliphatic heterocycles. The van der Waals surface area contributed by atoms with Gasteiger partial charge in [0.15, 0.2) is 11.6 Å². The van der Waals surface area contributed by atoms with E-state index in [1.807, 2.05) is 7.05 Å². The van der Waals surface area contributed by atoms with E-state index in [0.29, 0.717) is 11.8 Å². The quantitative estimate of drug-likeness (QED) is 0.904. The van der Waals surface area contributed by atoms with Crippen LogP contribution < -0.4 is 10.1 Å². The number of nitrogens with one attached hydrogen (secondary N) is 1. The fourth-order valence-electron chi connectivity index (χ4n) is 3.93. The first-order valence-corrected chi connectivity index (χ1v) is 7.83. The van der Waals surface area contributed by atoms with Gasteiger partial charge in [0.1, 0.15) is 6.10 Å². The molecule has 1 spiro atoms. The second-order valence-electron chi connectivity index (χ2n) is 6.03. The van der Waals surface area contributed by atoms with Crippen molar-refractivity contribution in [2.75, 3.05) is 7.05 Å². The molecule has 110 valence electrons. The average Bonchev–Trinajstić information content (AvgIpc) is 2.48. The fourth-order valence-corrected chi connectivity index (χ4v) is 4.09. The third-order valence-electron chi connectivity index (χ3n) is 5.10. The Bertz CT molecular complexity index is 487. The third-order valence-corrected chi connectivity index (χ3v) is 5.40. The Kier molecular flexibility index (Phi) is 3.91. The molecule has 1 aromatic rings. The van der Waals surface area contributed by atoms with E-state index >= 15 is 0 Å². The van der Waals surface area contributed by atoms with Crippen LogP contribution in [0.2, 0.25) is 5.02 Å². The van der Waals surface area contributed by atoms with Gasteiger partial charge in [-0.25, -0.2) is 4.39 Å². The van der Waals surface area contributed by atoms with Gasteiger partial charge in [-0.1, -0.05) is 36.9 Å². The number of hydrogen-bond donors (Lipinski definition) is 1. The van der Waals surface area contributed by atoms with E-state index in [1.54, 1.807) is 18.2 Å². The van der Waals surface area contributed by atoms with Crippen LogP contribution in [0.5, 0.6) is 5.75 Å². The van der Waals surface area contributed by atoms with Gasteiger partial charge in [-0.2, -0.15) is 0 Å².